The van der Waals surface area contributed by atoms with Gasteiger partial charge < -0.3 is 16.0 Å². The number of unbranched alkanes of at least 4 members (excludes halogenated alkanes) is 2. The van der Waals surface area contributed by atoms with E-state index in [0.717, 1.165) is 53.4 Å². The molecule has 8 nitrogen and oxygen atoms in total. The summed E-state index contributed by atoms with van der Waals surface area (Å²) in [5, 5.41) is 6.64. The highest BCUT2D eigenvalue weighted by Gasteiger charge is 2.40. The molecule has 9 heteroatoms. The lowest BCUT2D eigenvalue weighted by atomic mass is 9.92. The molecule has 0 fully saturated rings. The van der Waals surface area contributed by atoms with Gasteiger partial charge in [0.05, 0.1) is 11.0 Å². The summed E-state index contributed by atoms with van der Waals surface area (Å²) in [5.74, 6) is 1.42. The van der Waals surface area contributed by atoms with Gasteiger partial charge in [-0.15, -0.1) is 0 Å². The number of rotatable bonds is 9. The number of allylic oxidation sites excluding steroid dienone is 3. The fourth-order valence-corrected chi connectivity index (χ4v) is 5.75. The number of imidazole rings is 1. The molecule has 1 aliphatic rings. The molecule has 0 amide bonds. The number of hydrogen-bond donors (Lipinski definition) is 3. The first-order valence-corrected chi connectivity index (χ1v) is 13.0. The third-order valence-electron chi connectivity index (χ3n) is 6.46. The average Bonchev–Trinajstić information content (AvgIpc) is 3.14. The van der Waals surface area contributed by atoms with Crippen LogP contribution in [0.2, 0.25) is 0 Å². The number of fused-ring (bicyclic) bond motifs is 3. The number of sulfonamides is 1. The molecule has 6 N–H and O–H groups in total. The fourth-order valence-electron chi connectivity index (χ4n) is 4.69. The first kappa shape index (κ1) is 23.3. The van der Waals surface area contributed by atoms with Gasteiger partial charge in [0.1, 0.15) is 16.1 Å². The zero-order valence-corrected chi connectivity index (χ0v) is 19.8. The second kappa shape index (κ2) is 9.15. The van der Waals surface area contributed by atoms with Crippen LogP contribution in [0.1, 0.15) is 51.3 Å². The maximum absolute atomic E-state index is 12.4. The van der Waals surface area contributed by atoms with E-state index in [1.807, 2.05) is 24.3 Å². The maximum Gasteiger partial charge on any atom is 0.218 e. The number of aryl methyl sites for hydroxylation is 2. The molecular weight excluding hydrogens is 436 g/mol. The van der Waals surface area contributed by atoms with Gasteiger partial charge in [0.25, 0.3) is 0 Å². The van der Waals surface area contributed by atoms with Crippen LogP contribution in [0.5, 0.6) is 0 Å². The highest BCUT2D eigenvalue weighted by molar-refractivity contribution is 7.90. The molecule has 1 atom stereocenters. The van der Waals surface area contributed by atoms with Gasteiger partial charge in [-0.25, -0.2) is 23.5 Å². The van der Waals surface area contributed by atoms with Crippen molar-refractivity contribution in [2.45, 2.75) is 63.2 Å². The molecule has 2 aromatic heterocycles. The quantitative estimate of drug-likeness (QED) is 0.410. The van der Waals surface area contributed by atoms with E-state index in [2.05, 4.69) is 16.5 Å². The minimum Gasteiger partial charge on any atom is -0.402 e. The zero-order valence-electron chi connectivity index (χ0n) is 19.0. The van der Waals surface area contributed by atoms with Crippen molar-refractivity contribution in [3.8, 4) is 0 Å². The van der Waals surface area contributed by atoms with Crippen molar-refractivity contribution >= 4 is 37.8 Å². The lowest BCUT2D eigenvalue weighted by molar-refractivity contribution is 0.491. The molecule has 3 aromatic rings. The van der Waals surface area contributed by atoms with Crippen LogP contribution in [0.3, 0.4) is 0 Å². The molecule has 4 rings (SSSR count). The van der Waals surface area contributed by atoms with Gasteiger partial charge in [0, 0.05) is 30.5 Å². The number of nitrogens with zero attached hydrogens (tertiary/aromatic N) is 3. The number of hydrogen-bond acceptors (Lipinski definition) is 6. The van der Waals surface area contributed by atoms with Gasteiger partial charge in [-0.05, 0) is 37.8 Å². The summed E-state index contributed by atoms with van der Waals surface area (Å²) >= 11 is 0. The minimum atomic E-state index is -3.80. The van der Waals surface area contributed by atoms with E-state index >= 15 is 0 Å². The van der Waals surface area contributed by atoms with Gasteiger partial charge in [-0.1, -0.05) is 43.7 Å². The Morgan fingerprint density at radius 2 is 1.91 bits per heavy atom. The number of nitrogen functional groups attached to an aromatic ring is 1. The predicted molar refractivity (Wildman–Crippen MR) is 134 cm³/mol. The Morgan fingerprint density at radius 3 is 2.64 bits per heavy atom. The van der Waals surface area contributed by atoms with Crippen molar-refractivity contribution in [1.82, 2.24) is 14.5 Å². The SMILES string of the molecule is CCCCc1nc2c(N)nc3ccccc3c2n1CCCCC1(S(N)(=O)=O)C=CC=C(N)C1. The number of nitrogens with two attached hydrogens (primary N) is 3. The molecule has 0 aliphatic heterocycles. The topological polar surface area (TPSA) is 143 Å². The van der Waals surface area contributed by atoms with Gasteiger partial charge in [-0.2, -0.15) is 0 Å². The molecule has 1 aromatic carbocycles. The van der Waals surface area contributed by atoms with Crippen LogP contribution in [-0.2, 0) is 23.0 Å². The molecule has 176 valence electrons. The smallest absolute Gasteiger partial charge is 0.218 e. The van der Waals surface area contributed by atoms with Gasteiger partial charge in [0.15, 0.2) is 5.82 Å². The Labute approximate surface area is 194 Å². The van der Waals surface area contributed by atoms with Crippen molar-refractivity contribution in [1.29, 1.82) is 0 Å². The van der Waals surface area contributed by atoms with Gasteiger partial charge >= 0.3 is 0 Å². The number of pyridine rings is 1. The molecule has 2 heterocycles. The summed E-state index contributed by atoms with van der Waals surface area (Å²) in [6.07, 6.45) is 10.1. The van der Waals surface area contributed by atoms with Crippen molar-refractivity contribution < 1.29 is 8.42 Å². The van der Waals surface area contributed by atoms with Crippen molar-refractivity contribution in [3.63, 3.8) is 0 Å². The predicted octanol–water partition coefficient (Wildman–Crippen LogP) is 3.51. The molecule has 0 saturated heterocycles. The Balaban J connectivity index is 1.63. The van der Waals surface area contributed by atoms with E-state index in [9.17, 15) is 8.42 Å². The molecule has 1 unspecified atom stereocenters. The van der Waals surface area contributed by atoms with Crippen LogP contribution in [0.25, 0.3) is 21.9 Å². The van der Waals surface area contributed by atoms with E-state index < -0.39 is 14.8 Å². The third-order valence-corrected chi connectivity index (χ3v) is 8.07. The van der Waals surface area contributed by atoms with Crippen LogP contribution < -0.4 is 16.6 Å². The summed E-state index contributed by atoms with van der Waals surface area (Å²) in [6, 6.07) is 7.94. The Bertz CT molecular complexity index is 1340. The monoisotopic (exact) mass is 468 g/mol. The number of primary sulfonamides is 1. The molecular formula is C24H32N6O2S. The first-order chi connectivity index (χ1) is 15.8. The average molecular weight is 469 g/mol. The Morgan fingerprint density at radius 1 is 1.12 bits per heavy atom. The molecule has 1 aliphatic carbocycles. The maximum atomic E-state index is 12.4. The second-order valence-corrected chi connectivity index (χ2v) is 10.7. The van der Waals surface area contributed by atoms with Gasteiger partial charge in [0.2, 0.25) is 10.0 Å². The lowest BCUT2D eigenvalue weighted by Crippen LogP contribution is -2.43. The van der Waals surface area contributed by atoms with E-state index in [0.29, 0.717) is 30.9 Å². The minimum absolute atomic E-state index is 0.227. The molecule has 33 heavy (non-hydrogen) atoms. The number of anilines is 1. The fraction of sp³-hybridized carbons (Fsp3) is 0.417. The van der Waals surface area contributed by atoms with E-state index in [-0.39, 0.29) is 6.42 Å². The normalized spacial score (nSPS) is 18.8. The van der Waals surface area contributed by atoms with Crippen LogP contribution in [0.4, 0.5) is 5.82 Å². The zero-order chi connectivity index (χ0) is 23.6. The van der Waals surface area contributed by atoms with E-state index in [4.69, 9.17) is 21.6 Å². The largest absolute Gasteiger partial charge is 0.402 e. The van der Waals surface area contributed by atoms with Crippen molar-refractivity contribution in [2.24, 2.45) is 10.9 Å². The summed E-state index contributed by atoms with van der Waals surface area (Å²) in [7, 11) is -3.80. The standard InChI is InChI=1S/C24H32N6O2S/c1-2-3-12-20-29-21-22(18-10-4-5-11-19(18)28-23(21)26)30(20)15-7-6-13-24(33(27,31)32)14-8-9-17(25)16-24/h4-5,8-11,14H,2-3,6-7,12-13,15-16,25H2,1H3,(H2,26,28)(H2,27,31,32). The highest BCUT2D eigenvalue weighted by Crippen LogP contribution is 2.34. The van der Waals surface area contributed by atoms with Crippen molar-refractivity contribution in [2.75, 3.05) is 5.73 Å². The van der Waals surface area contributed by atoms with Crippen LogP contribution >= 0.6 is 0 Å². The number of para-hydroxylation sites is 1. The second-order valence-electron chi connectivity index (χ2n) is 8.84. The third kappa shape index (κ3) is 4.47. The molecule has 0 bridgehead atoms. The van der Waals surface area contributed by atoms with E-state index in [1.54, 1.807) is 18.2 Å². The number of aromatic nitrogens is 3. The first-order valence-electron chi connectivity index (χ1n) is 11.5. The Hall–Kier alpha value is -2.91. The Kier molecular flexibility index (Phi) is 6.45. The highest BCUT2D eigenvalue weighted by atomic mass is 32.2. The van der Waals surface area contributed by atoms with Crippen molar-refractivity contribution in [3.05, 3.63) is 54.0 Å². The number of benzene rings is 1. The molecule has 0 spiro atoms. The summed E-state index contributed by atoms with van der Waals surface area (Å²) in [4.78, 5) is 9.39. The van der Waals surface area contributed by atoms with Gasteiger partial charge in [-0.3, -0.25) is 0 Å². The van der Waals surface area contributed by atoms with Crippen LogP contribution in [0, 0.1) is 0 Å². The van der Waals surface area contributed by atoms with E-state index in [1.165, 1.54) is 0 Å². The lowest BCUT2D eigenvalue weighted by Gasteiger charge is -2.30. The molecule has 0 saturated carbocycles. The van der Waals surface area contributed by atoms with Crippen LogP contribution in [0.15, 0.2) is 48.2 Å². The summed E-state index contributed by atoms with van der Waals surface area (Å²) in [6.45, 7) is 2.86. The summed E-state index contributed by atoms with van der Waals surface area (Å²) < 4.78 is 25.9. The molecule has 0 radical (unpaired) electrons. The summed E-state index contributed by atoms with van der Waals surface area (Å²) in [5.41, 5.74) is 15.3. The van der Waals surface area contributed by atoms with Crippen LogP contribution in [-0.4, -0.2) is 27.7 Å².